The molecule has 1 amide bonds. The lowest BCUT2D eigenvalue weighted by molar-refractivity contribution is -0.130. The molecule has 1 fully saturated rings. The fourth-order valence-corrected chi connectivity index (χ4v) is 4.61. The van der Waals surface area contributed by atoms with Gasteiger partial charge in [0.2, 0.25) is 11.2 Å². The van der Waals surface area contributed by atoms with E-state index in [0.29, 0.717) is 29.3 Å². The number of fused-ring (bicyclic) bond motifs is 1. The molecule has 0 radical (unpaired) electrons. The maximum Gasteiger partial charge on any atom is 0.235 e. The minimum atomic E-state index is -0.301. The summed E-state index contributed by atoms with van der Waals surface area (Å²) < 4.78 is 5.46. The Morgan fingerprint density at radius 2 is 2.00 bits per heavy atom. The molecule has 0 saturated carbocycles. The number of amides is 1. The van der Waals surface area contributed by atoms with E-state index in [0.717, 1.165) is 24.5 Å². The number of rotatable bonds is 5. The number of nitrogens with zero attached hydrogens (tertiary/aromatic N) is 5. The van der Waals surface area contributed by atoms with Gasteiger partial charge in [-0.05, 0) is 30.7 Å². The monoisotopic (exact) mass is 432 g/mol. The second-order valence-corrected chi connectivity index (χ2v) is 8.31. The number of aromatic amines is 1. The van der Waals surface area contributed by atoms with Crippen molar-refractivity contribution < 1.29 is 9.53 Å². The normalized spacial score (nSPS) is 15.6. The lowest BCUT2D eigenvalue weighted by Crippen LogP contribution is -2.50. The van der Waals surface area contributed by atoms with Gasteiger partial charge in [-0.15, -0.1) is 0 Å². The maximum absolute atomic E-state index is 13.0. The molecule has 10 heteroatoms. The molecule has 1 aliphatic rings. The zero-order chi connectivity index (χ0) is 20.4. The highest BCUT2D eigenvalue weighted by Gasteiger charge is 2.27. The van der Waals surface area contributed by atoms with Crippen LogP contribution >= 0.6 is 23.4 Å². The Balaban J connectivity index is 1.41. The van der Waals surface area contributed by atoms with E-state index in [1.807, 2.05) is 36.1 Å². The highest BCUT2D eigenvalue weighted by Crippen LogP contribution is 2.31. The summed E-state index contributed by atoms with van der Waals surface area (Å²) in [6.45, 7) is 4.72. The minimum Gasteiger partial charge on any atom is -0.495 e. The number of para-hydroxylation sites is 2. The zero-order valence-electron chi connectivity index (χ0n) is 16.1. The number of nitrogens with one attached hydrogen (secondary N) is 1. The Kier molecular flexibility index (Phi) is 5.77. The molecule has 0 unspecified atom stereocenters. The molecule has 3 aromatic rings. The molecule has 1 saturated heterocycles. The molecule has 1 atom stereocenters. The molecule has 29 heavy (non-hydrogen) atoms. The van der Waals surface area contributed by atoms with E-state index in [1.165, 1.54) is 11.8 Å². The molecule has 4 rings (SSSR count). The molecule has 3 heterocycles. The van der Waals surface area contributed by atoms with Gasteiger partial charge in [-0.2, -0.15) is 4.98 Å². The number of thioether (sulfide) groups is 1. The van der Waals surface area contributed by atoms with E-state index in [4.69, 9.17) is 16.3 Å². The molecule has 0 bridgehead atoms. The number of carbonyl (C=O) groups excluding carboxylic acids is 1. The summed E-state index contributed by atoms with van der Waals surface area (Å²) in [5, 5.41) is 0.452. The van der Waals surface area contributed by atoms with Gasteiger partial charge in [-0.1, -0.05) is 23.9 Å². The topological polar surface area (TPSA) is 87.2 Å². The number of hydrogen-bond donors (Lipinski definition) is 1. The van der Waals surface area contributed by atoms with Gasteiger partial charge in [0, 0.05) is 26.2 Å². The third-order valence-corrected chi connectivity index (χ3v) is 6.12. The average Bonchev–Trinajstić information content (AvgIpc) is 3.22. The number of carbonyl (C=O) groups is 1. The average molecular weight is 433 g/mol. The van der Waals surface area contributed by atoms with Crippen LogP contribution in [0.3, 0.4) is 0 Å². The van der Waals surface area contributed by atoms with E-state index in [-0.39, 0.29) is 16.4 Å². The third-order valence-electron chi connectivity index (χ3n) is 4.88. The number of imidazole rings is 1. The summed E-state index contributed by atoms with van der Waals surface area (Å²) in [5.41, 5.74) is 2.25. The largest absolute Gasteiger partial charge is 0.495 e. The summed E-state index contributed by atoms with van der Waals surface area (Å²) in [4.78, 5) is 32.6. The van der Waals surface area contributed by atoms with Crippen molar-refractivity contribution in [3.05, 3.63) is 35.9 Å². The van der Waals surface area contributed by atoms with Crippen molar-refractivity contribution in [3.8, 4) is 5.75 Å². The first-order chi connectivity index (χ1) is 14.1. The standard InChI is InChI=1S/C19H21ClN6O2S/c1-12(29-17-15-16(22-11-21-15)23-19(20)24-17)18(27)26-9-7-25(8-10-26)13-5-3-4-6-14(13)28-2/h3-6,11-12H,7-10H2,1-2H3,(H,21,22,23,24)/t12-/m0/s1. The number of benzene rings is 1. The van der Waals surface area contributed by atoms with Crippen molar-refractivity contribution in [1.29, 1.82) is 0 Å². The molecule has 1 aromatic carbocycles. The van der Waals surface area contributed by atoms with Crippen molar-refractivity contribution >= 4 is 46.1 Å². The first-order valence-electron chi connectivity index (χ1n) is 9.27. The van der Waals surface area contributed by atoms with E-state index in [2.05, 4.69) is 24.8 Å². The summed E-state index contributed by atoms with van der Waals surface area (Å²) in [6, 6.07) is 7.95. The summed E-state index contributed by atoms with van der Waals surface area (Å²) in [6.07, 6.45) is 1.54. The smallest absolute Gasteiger partial charge is 0.235 e. The van der Waals surface area contributed by atoms with E-state index in [9.17, 15) is 4.79 Å². The van der Waals surface area contributed by atoms with Gasteiger partial charge in [-0.25, -0.2) is 9.97 Å². The van der Waals surface area contributed by atoms with Crippen LogP contribution in [0.1, 0.15) is 6.92 Å². The quantitative estimate of drug-likeness (QED) is 0.377. The van der Waals surface area contributed by atoms with Gasteiger partial charge in [0.05, 0.1) is 24.4 Å². The predicted molar refractivity (Wildman–Crippen MR) is 114 cm³/mol. The first kappa shape index (κ1) is 19.8. The summed E-state index contributed by atoms with van der Waals surface area (Å²) in [7, 11) is 1.67. The van der Waals surface area contributed by atoms with Gasteiger partial charge in [0.1, 0.15) is 16.3 Å². The zero-order valence-corrected chi connectivity index (χ0v) is 17.7. The number of halogens is 1. The van der Waals surface area contributed by atoms with Gasteiger partial charge in [0.15, 0.2) is 5.65 Å². The summed E-state index contributed by atoms with van der Waals surface area (Å²) >= 11 is 7.36. The van der Waals surface area contributed by atoms with Crippen molar-refractivity contribution in [2.45, 2.75) is 17.2 Å². The predicted octanol–water partition coefficient (Wildman–Crippen LogP) is 2.84. The van der Waals surface area contributed by atoms with E-state index in [1.54, 1.807) is 13.4 Å². The lowest BCUT2D eigenvalue weighted by Gasteiger charge is -2.37. The Hall–Kier alpha value is -2.52. The Bertz CT molecular complexity index is 1020. The molecule has 1 aliphatic heterocycles. The van der Waals surface area contributed by atoms with Crippen LogP contribution in [0.25, 0.3) is 11.2 Å². The van der Waals surface area contributed by atoms with Crippen LogP contribution in [0.15, 0.2) is 35.6 Å². The SMILES string of the molecule is COc1ccccc1N1CCN(C(=O)[C@H](C)Sc2nc(Cl)nc3nc[nH]c23)CC1. The third kappa shape index (κ3) is 4.11. The first-order valence-corrected chi connectivity index (χ1v) is 10.5. The van der Waals surface area contributed by atoms with Crippen molar-refractivity contribution in [2.24, 2.45) is 0 Å². The highest BCUT2D eigenvalue weighted by molar-refractivity contribution is 8.00. The Morgan fingerprint density at radius 3 is 2.76 bits per heavy atom. The van der Waals surface area contributed by atoms with Gasteiger partial charge in [0.25, 0.3) is 0 Å². The second kappa shape index (κ2) is 8.46. The molecule has 0 aliphatic carbocycles. The van der Waals surface area contributed by atoms with Gasteiger partial charge in [-0.3, -0.25) is 4.79 Å². The molecular weight excluding hydrogens is 412 g/mol. The van der Waals surface area contributed by atoms with Crippen molar-refractivity contribution in [3.63, 3.8) is 0 Å². The number of H-pyrrole nitrogens is 1. The Labute approximate surface area is 177 Å². The van der Waals surface area contributed by atoms with E-state index >= 15 is 0 Å². The van der Waals surface area contributed by atoms with Crippen LogP contribution in [0.5, 0.6) is 5.75 Å². The van der Waals surface area contributed by atoms with Crippen LogP contribution in [-0.2, 0) is 4.79 Å². The summed E-state index contributed by atoms with van der Waals surface area (Å²) in [5.74, 6) is 0.928. The van der Waals surface area contributed by atoms with Crippen LogP contribution in [0.2, 0.25) is 5.28 Å². The molecule has 1 N–H and O–H groups in total. The molecule has 8 nitrogen and oxygen atoms in total. The van der Waals surface area contributed by atoms with Crippen LogP contribution in [0, 0.1) is 0 Å². The van der Waals surface area contributed by atoms with E-state index < -0.39 is 0 Å². The second-order valence-electron chi connectivity index (χ2n) is 6.64. The molecule has 0 spiro atoms. The molecule has 152 valence electrons. The highest BCUT2D eigenvalue weighted by atomic mass is 35.5. The Morgan fingerprint density at radius 1 is 1.24 bits per heavy atom. The fraction of sp³-hybridized carbons (Fsp3) is 0.368. The molecular formula is C19H21ClN6O2S. The fourth-order valence-electron chi connectivity index (χ4n) is 3.40. The number of methoxy groups -OCH3 is 1. The van der Waals surface area contributed by atoms with Gasteiger partial charge >= 0.3 is 0 Å². The number of piperazine rings is 1. The van der Waals surface area contributed by atoms with Crippen molar-refractivity contribution in [1.82, 2.24) is 24.8 Å². The van der Waals surface area contributed by atoms with Crippen molar-refractivity contribution in [2.75, 3.05) is 38.2 Å². The van der Waals surface area contributed by atoms with Crippen LogP contribution < -0.4 is 9.64 Å². The number of hydrogen-bond acceptors (Lipinski definition) is 7. The minimum absolute atomic E-state index is 0.0806. The maximum atomic E-state index is 13.0. The lowest BCUT2D eigenvalue weighted by atomic mass is 10.2. The number of anilines is 1. The molecule has 2 aromatic heterocycles. The van der Waals surface area contributed by atoms with Gasteiger partial charge < -0.3 is 19.5 Å². The number of aromatic nitrogens is 4. The van der Waals surface area contributed by atoms with Crippen LogP contribution in [0.4, 0.5) is 5.69 Å². The van der Waals surface area contributed by atoms with Crippen LogP contribution in [-0.4, -0.2) is 69.3 Å². The number of ether oxygens (including phenoxy) is 1.